The predicted molar refractivity (Wildman–Crippen MR) is 124 cm³/mol. The van der Waals surface area contributed by atoms with E-state index in [0.717, 1.165) is 27.9 Å². The molecule has 3 aromatic carbocycles. The van der Waals surface area contributed by atoms with E-state index in [0.29, 0.717) is 25.4 Å². The molecule has 1 atom stereocenters. The number of aryl methyl sites for hydroxylation is 1. The molecular formula is C25H26N4O3. The number of para-hydroxylation sites is 2. The summed E-state index contributed by atoms with van der Waals surface area (Å²) in [4.78, 5) is 20.5. The minimum atomic E-state index is -0.371. The van der Waals surface area contributed by atoms with E-state index in [1.165, 1.54) is 0 Å². The first kappa shape index (κ1) is 21.2. The van der Waals surface area contributed by atoms with Gasteiger partial charge in [-0.3, -0.25) is 0 Å². The number of carbonyl (C=O) groups is 1. The summed E-state index contributed by atoms with van der Waals surface area (Å²) in [6, 6.07) is 21.8. The van der Waals surface area contributed by atoms with Crippen LogP contribution in [0.5, 0.6) is 11.5 Å². The van der Waals surface area contributed by atoms with Gasteiger partial charge >= 0.3 is 6.03 Å². The third-order valence-corrected chi connectivity index (χ3v) is 5.07. The first-order valence-corrected chi connectivity index (χ1v) is 10.5. The number of phenols is 1. The average molecular weight is 431 g/mol. The lowest BCUT2D eigenvalue weighted by Crippen LogP contribution is -2.40. The Kier molecular flexibility index (Phi) is 6.55. The molecule has 0 aliphatic rings. The molecule has 0 spiro atoms. The van der Waals surface area contributed by atoms with E-state index in [1.54, 1.807) is 12.1 Å². The van der Waals surface area contributed by atoms with Crippen LogP contribution in [0.15, 0.2) is 72.8 Å². The smallest absolute Gasteiger partial charge is 0.315 e. The van der Waals surface area contributed by atoms with Gasteiger partial charge in [0.25, 0.3) is 0 Å². The van der Waals surface area contributed by atoms with E-state index >= 15 is 0 Å². The highest BCUT2D eigenvalue weighted by Gasteiger charge is 2.19. The predicted octanol–water partition coefficient (Wildman–Crippen LogP) is 4.24. The summed E-state index contributed by atoms with van der Waals surface area (Å²) >= 11 is 0. The largest absolute Gasteiger partial charge is 0.508 e. The van der Waals surface area contributed by atoms with Crippen LogP contribution < -0.4 is 15.4 Å². The van der Waals surface area contributed by atoms with Gasteiger partial charge in [-0.25, -0.2) is 9.78 Å². The number of rotatable bonds is 8. The molecule has 0 aliphatic heterocycles. The highest BCUT2D eigenvalue weighted by atomic mass is 16.5. The number of nitrogens with zero attached hydrogens (tertiary/aromatic N) is 1. The summed E-state index contributed by atoms with van der Waals surface area (Å²) in [5.41, 5.74) is 3.84. The summed E-state index contributed by atoms with van der Waals surface area (Å²) in [6.45, 7) is 2.74. The van der Waals surface area contributed by atoms with Crippen LogP contribution in [-0.2, 0) is 6.42 Å². The molecule has 1 aromatic heterocycles. The minimum Gasteiger partial charge on any atom is -0.508 e. The number of nitrogens with one attached hydrogen (secondary N) is 3. The number of hydrogen-bond acceptors (Lipinski definition) is 4. The second kappa shape index (κ2) is 9.87. The van der Waals surface area contributed by atoms with Crippen LogP contribution in [0, 0.1) is 6.92 Å². The molecule has 32 heavy (non-hydrogen) atoms. The Morgan fingerprint density at radius 2 is 1.91 bits per heavy atom. The highest BCUT2D eigenvalue weighted by molar-refractivity contribution is 5.76. The number of urea groups is 1. The third-order valence-electron chi connectivity index (χ3n) is 5.07. The summed E-state index contributed by atoms with van der Waals surface area (Å²) in [5.74, 6) is 1.65. The van der Waals surface area contributed by atoms with E-state index in [1.807, 2.05) is 67.6 Å². The van der Waals surface area contributed by atoms with Gasteiger partial charge in [-0.1, -0.05) is 36.4 Å². The van der Waals surface area contributed by atoms with Crippen molar-refractivity contribution in [3.05, 3.63) is 89.7 Å². The first-order valence-electron chi connectivity index (χ1n) is 10.5. The normalized spacial score (nSPS) is 11.8. The molecule has 0 bridgehead atoms. The molecule has 4 N–H and O–H groups in total. The van der Waals surface area contributed by atoms with Crippen molar-refractivity contribution in [2.75, 3.05) is 13.2 Å². The van der Waals surface area contributed by atoms with Gasteiger partial charge in [-0.2, -0.15) is 0 Å². The number of H-pyrrole nitrogens is 1. The number of benzene rings is 3. The Morgan fingerprint density at radius 1 is 1.09 bits per heavy atom. The van der Waals surface area contributed by atoms with Crippen molar-refractivity contribution in [1.29, 1.82) is 0 Å². The van der Waals surface area contributed by atoms with E-state index in [4.69, 9.17) is 4.74 Å². The van der Waals surface area contributed by atoms with Crippen molar-refractivity contribution in [1.82, 2.24) is 20.6 Å². The van der Waals surface area contributed by atoms with Crippen LogP contribution >= 0.6 is 0 Å². The number of hydrogen-bond donors (Lipinski definition) is 4. The standard InChI is InChI=1S/C25H26N4O3/c1-17-5-4-6-20(15-17)32-14-13-26-25(31)29-23(16-18-9-11-19(30)12-10-18)24-27-21-7-2-3-8-22(21)28-24/h2-12,15,23,30H,13-14,16H2,1H3,(H,27,28)(H2,26,29,31)/t23-/m1/s1. The average Bonchev–Trinajstić information content (AvgIpc) is 3.22. The summed E-state index contributed by atoms with van der Waals surface area (Å²) in [6.07, 6.45) is 0.521. The molecule has 1 heterocycles. The second-order valence-corrected chi connectivity index (χ2v) is 7.63. The van der Waals surface area contributed by atoms with Crippen LogP contribution in [0.25, 0.3) is 11.0 Å². The number of phenolic OH excluding ortho intramolecular Hbond substituents is 1. The van der Waals surface area contributed by atoms with Crippen molar-refractivity contribution in [2.45, 2.75) is 19.4 Å². The Balaban J connectivity index is 1.39. The zero-order valence-corrected chi connectivity index (χ0v) is 17.8. The number of imidazole rings is 1. The summed E-state index contributed by atoms with van der Waals surface area (Å²) in [7, 11) is 0. The molecule has 0 unspecified atom stereocenters. The van der Waals surface area contributed by atoms with Crippen molar-refractivity contribution in [2.24, 2.45) is 0 Å². The van der Waals surface area contributed by atoms with Crippen molar-refractivity contribution in [3.8, 4) is 11.5 Å². The van der Waals surface area contributed by atoms with Gasteiger partial charge in [-0.15, -0.1) is 0 Å². The van der Waals surface area contributed by atoms with Gasteiger partial charge in [0, 0.05) is 0 Å². The lowest BCUT2D eigenvalue weighted by atomic mass is 10.1. The van der Waals surface area contributed by atoms with Crippen LogP contribution in [0.4, 0.5) is 4.79 Å². The summed E-state index contributed by atoms with van der Waals surface area (Å²) < 4.78 is 5.69. The zero-order chi connectivity index (χ0) is 22.3. The SMILES string of the molecule is Cc1cccc(OCCNC(=O)N[C@H](Cc2ccc(O)cc2)c2nc3ccccc3[nH]2)c1. The van der Waals surface area contributed by atoms with Crippen LogP contribution in [0.3, 0.4) is 0 Å². The molecule has 0 radical (unpaired) electrons. The number of fused-ring (bicyclic) bond motifs is 1. The number of ether oxygens (including phenoxy) is 1. The fraction of sp³-hybridized carbons (Fsp3) is 0.200. The highest BCUT2D eigenvalue weighted by Crippen LogP contribution is 2.21. The van der Waals surface area contributed by atoms with E-state index in [9.17, 15) is 9.90 Å². The maximum Gasteiger partial charge on any atom is 0.315 e. The van der Waals surface area contributed by atoms with Crippen molar-refractivity contribution < 1.29 is 14.6 Å². The topological polar surface area (TPSA) is 99.3 Å². The van der Waals surface area contributed by atoms with Gasteiger partial charge in [0.15, 0.2) is 0 Å². The third kappa shape index (κ3) is 5.57. The fourth-order valence-electron chi connectivity index (χ4n) is 3.47. The molecule has 0 saturated carbocycles. The number of amides is 2. The molecule has 7 nitrogen and oxygen atoms in total. The van der Waals surface area contributed by atoms with E-state index < -0.39 is 0 Å². The molecule has 7 heteroatoms. The molecule has 0 fully saturated rings. The number of aromatic amines is 1. The van der Waals surface area contributed by atoms with Gasteiger partial charge in [-0.05, 0) is 60.9 Å². The lowest BCUT2D eigenvalue weighted by molar-refractivity contribution is 0.232. The molecule has 4 aromatic rings. The maximum absolute atomic E-state index is 12.6. The summed E-state index contributed by atoms with van der Waals surface area (Å²) in [5, 5.41) is 15.4. The fourth-order valence-corrected chi connectivity index (χ4v) is 3.47. The lowest BCUT2D eigenvalue weighted by Gasteiger charge is -2.18. The second-order valence-electron chi connectivity index (χ2n) is 7.63. The number of aromatic nitrogens is 2. The van der Waals surface area contributed by atoms with Crippen LogP contribution in [0.2, 0.25) is 0 Å². The molecule has 2 amide bonds. The van der Waals surface area contributed by atoms with Crippen molar-refractivity contribution >= 4 is 17.1 Å². The monoisotopic (exact) mass is 430 g/mol. The van der Waals surface area contributed by atoms with E-state index in [-0.39, 0.29) is 17.8 Å². The van der Waals surface area contributed by atoms with E-state index in [2.05, 4.69) is 20.6 Å². The quantitative estimate of drug-likeness (QED) is 0.314. The van der Waals surface area contributed by atoms with Gasteiger partial charge in [0.2, 0.25) is 0 Å². The van der Waals surface area contributed by atoms with Crippen LogP contribution in [-0.4, -0.2) is 34.3 Å². The minimum absolute atomic E-state index is 0.202. The molecule has 0 saturated heterocycles. The number of carbonyl (C=O) groups excluding carboxylic acids is 1. The van der Waals surface area contributed by atoms with Gasteiger partial charge in [0.1, 0.15) is 23.9 Å². The Hall–Kier alpha value is -4.00. The number of aromatic hydroxyl groups is 1. The Bertz CT molecular complexity index is 1150. The Morgan fingerprint density at radius 3 is 2.69 bits per heavy atom. The Labute approximate surface area is 186 Å². The van der Waals surface area contributed by atoms with Crippen molar-refractivity contribution in [3.63, 3.8) is 0 Å². The van der Waals surface area contributed by atoms with Gasteiger partial charge < -0.3 is 25.5 Å². The maximum atomic E-state index is 12.6. The molecule has 4 rings (SSSR count). The van der Waals surface area contributed by atoms with Gasteiger partial charge in [0.05, 0.1) is 23.6 Å². The first-order chi connectivity index (χ1) is 15.6. The molecule has 164 valence electrons. The van der Waals surface area contributed by atoms with Crippen LogP contribution in [0.1, 0.15) is 23.0 Å². The molecule has 0 aliphatic carbocycles. The zero-order valence-electron chi connectivity index (χ0n) is 17.8. The molecular weight excluding hydrogens is 404 g/mol.